The zero-order valence-electron chi connectivity index (χ0n) is 12.3. The number of hydrogen-bond donors (Lipinski definition) is 0. The fourth-order valence-corrected chi connectivity index (χ4v) is 2.71. The lowest BCUT2D eigenvalue weighted by Crippen LogP contribution is -2.51. The molecule has 114 valence electrons. The minimum Gasteiger partial charge on any atom is -0.472 e. The molecule has 2 fully saturated rings. The van der Waals surface area contributed by atoms with Crippen LogP contribution in [-0.2, 0) is 0 Å². The number of aromatic nitrogens is 2. The van der Waals surface area contributed by atoms with Crippen LogP contribution in [0.1, 0.15) is 6.42 Å². The van der Waals surface area contributed by atoms with E-state index in [-0.39, 0.29) is 12.1 Å². The highest BCUT2D eigenvalue weighted by molar-refractivity contribution is 5.75. The second-order valence-corrected chi connectivity index (χ2v) is 5.60. The van der Waals surface area contributed by atoms with Crippen molar-refractivity contribution in [3.8, 4) is 5.88 Å². The SMILES string of the molecule is CN1CCN(C(=O)N2CC[C@H](Oc3ccncn3)C2)CC1. The lowest BCUT2D eigenvalue weighted by Gasteiger charge is -2.34. The molecule has 3 rings (SSSR count). The lowest BCUT2D eigenvalue weighted by atomic mass is 10.3. The van der Waals surface area contributed by atoms with Crippen LogP contribution in [0.5, 0.6) is 5.88 Å². The molecule has 0 spiro atoms. The Kier molecular flexibility index (Phi) is 4.19. The van der Waals surface area contributed by atoms with Gasteiger partial charge in [0.05, 0.1) is 6.54 Å². The Morgan fingerprint density at radius 2 is 2.05 bits per heavy atom. The first-order valence-corrected chi connectivity index (χ1v) is 7.37. The maximum Gasteiger partial charge on any atom is 0.320 e. The zero-order chi connectivity index (χ0) is 14.7. The molecule has 7 heteroatoms. The summed E-state index contributed by atoms with van der Waals surface area (Å²) in [7, 11) is 2.09. The standard InChI is InChI=1S/C14H21N5O2/c1-17-6-8-18(9-7-17)14(20)19-5-3-12(10-19)21-13-2-4-15-11-16-13/h2,4,11-12H,3,5-10H2,1H3/t12-/m0/s1. The highest BCUT2D eigenvalue weighted by atomic mass is 16.5. The van der Waals surface area contributed by atoms with E-state index >= 15 is 0 Å². The van der Waals surface area contributed by atoms with Gasteiger partial charge in [0.2, 0.25) is 5.88 Å². The second kappa shape index (κ2) is 6.26. The van der Waals surface area contributed by atoms with Crippen LogP contribution in [0.4, 0.5) is 4.79 Å². The van der Waals surface area contributed by atoms with Crippen LogP contribution in [0.3, 0.4) is 0 Å². The Hall–Kier alpha value is -1.89. The van der Waals surface area contributed by atoms with Crippen molar-refractivity contribution in [3.05, 3.63) is 18.6 Å². The van der Waals surface area contributed by atoms with Crippen LogP contribution < -0.4 is 4.74 Å². The van der Waals surface area contributed by atoms with Crippen molar-refractivity contribution < 1.29 is 9.53 Å². The highest BCUT2D eigenvalue weighted by Gasteiger charge is 2.31. The number of amides is 2. The number of ether oxygens (including phenoxy) is 1. The molecular formula is C14H21N5O2. The number of rotatable bonds is 2. The van der Waals surface area contributed by atoms with Crippen molar-refractivity contribution in [1.82, 2.24) is 24.7 Å². The molecule has 0 bridgehead atoms. The second-order valence-electron chi connectivity index (χ2n) is 5.60. The van der Waals surface area contributed by atoms with Crippen LogP contribution in [0.15, 0.2) is 18.6 Å². The molecule has 1 aromatic rings. The average molecular weight is 291 g/mol. The van der Waals surface area contributed by atoms with Gasteiger partial charge in [0.15, 0.2) is 0 Å². The van der Waals surface area contributed by atoms with Crippen LogP contribution >= 0.6 is 0 Å². The van der Waals surface area contributed by atoms with Gasteiger partial charge >= 0.3 is 6.03 Å². The van der Waals surface area contributed by atoms with Crippen molar-refractivity contribution in [1.29, 1.82) is 0 Å². The molecule has 1 aromatic heterocycles. The Morgan fingerprint density at radius 3 is 2.76 bits per heavy atom. The van der Waals surface area contributed by atoms with E-state index in [1.54, 1.807) is 12.3 Å². The summed E-state index contributed by atoms with van der Waals surface area (Å²) in [5.74, 6) is 0.573. The summed E-state index contributed by atoms with van der Waals surface area (Å²) >= 11 is 0. The molecule has 2 aliphatic heterocycles. The van der Waals surface area contributed by atoms with Crippen LogP contribution in [-0.4, -0.2) is 83.1 Å². The van der Waals surface area contributed by atoms with Crippen molar-refractivity contribution in [2.75, 3.05) is 46.3 Å². The quantitative estimate of drug-likeness (QED) is 0.784. The van der Waals surface area contributed by atoms with Crippen molar-refractivity contribution >= 4 is 6.03 Å². The van der Waals surface area contributed by atoms with Crippen molar-refractivity contribution in [2.24, 2.45) is 0 Å². The number of carbonyl (C=O) groups is 1. The van der Waals surface area contributed by atoms with E-state index in [9.17, 15) is 4.79 Å². The molecule has 0 N–H and O–H groups in total. The number of likely N-dealkylation sites (tertiary alicyclic amines) is 1. The van der Waals surface area contributed by atoms with E-state index < -0.39 is 0 Å². The zero-order valence-corrected chi connectivity index (χ0v) is 12.3. The predicted molar refractivity (Wildman–Crippen MR) is 77.1 cm³/mol. The van der Waals surface area contributed by atoms with E-state index in [1.165, 1.54) is 6.33 Å². The van der Waals surface area contributed by atoms with E-state index in [1.807, 2.05) is 9.80 Å². The number of urea groups is 1. The number of carbonyl (C=O) groups excluding carboxylic acids is 1. The molecule has 0 aliphatic carbocycles. The summed E-state index contributed by atoms with van der Waals surface area (Å²) in [5.41, 5.74) is 0. The first-order chi connectivity index (χ1) is 10.2. The molecule has 7 nitrogen and oxygen atoms in total. The topological polar surface area (TPSA) is 61.8 Å². The molecule has 2 amide bonds. The molecule has 2 aliphatic rings. The Balaban J connectivity index is 1.51. The minimum absolute atomic E-state index is 0.0244. The summed E-state index contributed by atoms with van der Waals surface area (Å²) in [6, 6.07) is 1.88. The number of likely N-dealkylation sites (N-methyl/N-ethyl adjacent to an activating group) is 1. The summed E-state index contributed by atoms with van der Waals surface area (Å²) in [6.07, 6.45) is 4.00. The van der Waals surface area contributed by atoms with Gasteiger partial charge in [-0.05, 0) is 7.05 Å². The molecule has 21 heavy (non-hydrogen) atoms. The minimum atomic E-state index is 0.0244. The van der Waals surface area contributed by atoms with Gasteiger partial charge in [-0.15, -0.1) is 0 Å². The predicted octanol–water partition coefficient (Wildman–Crippen LogP) is 0.297. The molecule has 1 atom stereocenters. The van der Waals surface area contributed by atoms with Crippen LogP contribution in [0.25, 0.3) is 0 Å². The number of piperazine rings is 1. The Bertz CT molecular complexity index is 476. The smallest absolute Gasteiger partial charge is 0.320 e. The molecule has 0 aromatic carbocycles. The van der Waals surface area contributed by atoms with Gasteiger partial charge in [-0.2, -0.15) is 0 Å². The van der Waals surface area contributed by atoms with Gasteiger partial charge in [-0.1, -0.05) is 0 Å². The fourth-order valence-electron chi connectivity index (χ4n) is 2.71. The third-order valence-electron chi connectivity index (χ3n) is 4.03. The van der Waals surface area contributed by atoms with Gasteiger partial charge in [0.1, 0.15) is 12.4 Å². The van der Waals surface area contributed by atoms with E-state index in [0.29, 0.717) is 12.4 Å². The van der Waals surface area contributed by atoms with Gasteiger partial charge in [-0.3, -0.25) is 0 Å². The first-order valence-electron chi connectivity index (χ1n) is 7.37. The Labute approximate surface area is 124 Å². The molecule has 3 heterocycles. The fraction of sp³-hybridized carbons (Fsp3) is 0.643. The monoisotopic (exact) mass is 291 g/mol. The summed E-state index contributed by atoms with van der Waals surface area (Å²) in [4.78, 5) is 26.4. The van der Waals surface area contributed by atoms with Gasteiger partial charge in [0, 0.05) is 51.4 Å². The van der Waals surface area contributed by atoms with Gasteiger partial charge < -0.3 is 19.4 Å². The average Bonchev–Trinajstić information content (AvgIpc) is 2.97. The molecular weight excluding hydrogens is 270 g/mol. The highest BCUT2D eigenvalue weighted by Crippen LogP contribution is 2.17. The maximum absolute atomic E-state index is 12.5. The number of hydrogen-bond acceptors (Lipinski definition) is 5. The third-order valence-corrected chi connectivity index (χ3v) is 4.03. The largest absolute Gasteiger partial charge is 0.472 e. The van der Waals surface area contributed by atoms with Crippen molar-refractivity contribution in [2.45, 2.75) is 12.5 Å². The molecule has 0 radical (unpaired) electrons. The third kappa shape index (κ3) is 3.41. The summed E-state index contributed by atoms with van der Waals surface area (Å²) < 4.78 is 5.79. The van der Waals surface area contributed by atoms with Crippen LogP contribution in [0, 0.1) is 0 Å². The normalized spacial score (nSPS) is 23.4. The van der Waals surface area contributed by atoms with E-state index in [0.717, 1.165) is 39.1 Å². The molecule has 2 saturated heterocycles. The van der Waals surface area contributed by atoms with E-state index in [4.69, 9.17) is 4.74 Å². The van der Waals surface area contributed by atoms with Gasteiger partial charge in [0.25, 0.3) is 0 Å². The summed E-state index contributed by atoms with van der Waals surface area (Å²) in [5, 5.41) is 0. The van der Waals surface area contributed by atoms with Crippen molar-refractivity contribution in [3.63, 3.8) is 0 Å². The summed E-state index contributed by atoms with van der Waals surface area (Å²) in [6.45, 7) is 4.89. The van der Waals surface area contributed by atoms with Gasteiger partial charge in [-0.25, -0.2) is 14.8 Å². The first kappa shape index (κ1) is 14.1. The number of nitrogens with zero attached hydrogens (tertiary/aromatic N) is 5. The van der Waals surface area contributed by atoms with E-state index in [2.05, 4.69) is 21.9 Å². The lowest BCUT2D eigenvalue weighted by molar-refractivity contribution is 0.123. The maximum atomic E-state index is 12.5. The van der Waals surface area contributed by atoms with Crippen LogP contribution in [0.2, 0.25) is 0 Å². The molecule has 0 saturated carbocycles. The Morgan fingerprint density at radius 1 is 1.24 bits per heavy atom. The molecule has 0 unspecified atom stereocenters.